The topological polar surface area (TPSA) is 37.4 Å². The minimum Gasteiger partial charge on any atom is -0.274 e. The van der Waals surface area contributed by atoms with E-state index in [1.165, 1.54) is 6.92 Å². The second-order valence-electron chi connectivity index (χ2n) is 3.83. The van der Waals surface area contributed by atoms with Gasteiger partial charge in [-0.25, -0.2) is 4.90 Å². The summed E-state index contributed by atoms with van der Waals surface area (Å²) in [6.07, 6.45) is 5.34. The van der Waals surface area contributed by atoms with Crippen LogP contribution in [0.3, 0.4) is 0 Å². The summed E-state index contributed by atoms with van der Waals surface area (Å²) in [6.45, 7) is 1.33. The fraction of sp³-hybridized carbons (Fsp3) is 0.0714. The summed E-state index contributed by atoms with van der Waals surface area (Å²) >= 11 is 6.14. The van der Waals surface area contributed by atoms with E-state index in [-0.39, 0.29) is 16.1 Å². The Bertz CT molecular complexity index is 591. The molecular formula is C14H11NO2S2. The lowest BCUT2D eigenvalue weighted by atomic mass is 10.2. The first kappa shape index (κ1) is 13.7. The summed E-state index contributed by atoms with van der Waals surface area (Å²) < 4.78 is 0.289. The zero-order valence-electron chi connectivity index (χ0n) is 10.2. The molecule has 1 aromatic carbocycles. The summed E-state index contributed by atoms with van der Waals surface area (Å²) in [6, 6.07) is 9.75. The van der Waals surface area contributed by atoms with Crippen molar-refractivity contribution < 1.29 is 9.59 Å². The normalized spacial score (nSPS) is 17.7. The van der Waals surface area contributed by atoms with Crippen molar-refractivity contribution in [2.45, 2.75) is 6.92 Å². The molecule has 0 radical (unpaired) electrons. The Balaban J connectivity index is 2.13. The van der Waals surface area contributed by atoms with Crippen molar-refractivity contribution in [3.8, 4) is 0 Å². The van der Waals surface area contributed by atoms with Gasteiger partial charge in [0, 0.05) is 6.92 Å². The highest BCUT2D eigenvalue weighted by atomic mass is 32.2. The molecule has 0 spiro atoms. The zero-order chi connectivity index (χ0) is 13.8. The van der Waals surface area contributed by atoms with Gasteiger partial charge in [0.05, 0.1) is 4.91 Å². The Labute approximate surface area is 121 Å². The van der Waals surface area contributed by atoms with Gasteiger partial charge in [0.2, 0.25) is 5.91 Å². The molecule has 1 heterocycles. The molecule has 1 aromatic rings. The Morgan fingerprint density at radius 1 is 1.32 bits per heavy atom. The van der Waals surface area contributed by atoms with Crippen LogP contribution in [0.1, 0.15) is 12.5 Å². The molecule has 0 N–H and O–H groups in total. The van der Waals surface area contributed by atoms with Crippen molar-refractivity contribution in [3.05, 3.63) is 53.0 Å². The lowest BCUT2D eigenvalue weighted by Crippen LogP contribution is -2.32. The predicted octanol–water partition coefficient (Wildman–Crippen LogP) is 2.99. The van der Waals surface area contributed by atoms with E-state index >= 15 is 0 Å². The van der Waals surface area contributed by atoms with Gasteiger partial charge in [-0.05, 0) is 11.6 Å². The third kappa shape index (κ3) is 3.19. The van der Waals surface area contributed by atoms with Gasteiger partial charge in [-0.3, -0.25) is 9.59 Å². The van der Waals surface area contributed by atoms with Gasteiger partial charge in [-0.1, -0.05) is 66.5 Å². The summed E-state index contributed by atoms with van der Waals surface area (Å²) in [5.41, 5.74) is 1.04. The number of benzene rings is 1. The molecule has 0 unspecified atom stereocenters. The molecule has 0 atom stereocenters. The zero-order valence-corrected chi connectivity index (χ0v) is 11.8. The van der Waals surface area contributed by atoms with Gasteiger partial charge in [0.25, 0.3) is 5.91 Å². The summed E-state index contributed by atoms with van der Waals surface area (Å²) in [5.74, 6) is -0.696. The molecule has 2 rings (SSSR count). The van der Waals surface area contributed by atoms with Crippen molar-refractivity contribution in [3.63, 3.8) is 0 Å². The van der Waals surface area contributed by atoms with Crippen LogP contribution in [-0.4, -0.2) is 21.0 Å². The van der Waals surface area contributed by atoms with Crippen LogP contribution in [0.4, 0.5) is 0 Å². The van der Waals surface area contributed by atoms with Crippen LogP contribution in [0.15, 0.2) is 47.4 Å². The molecule has 1 saturated heterocycles. The van der Waals surface area contributed by atoms with E-state index < -0.39 is 0 Å². The van der Waals surface area contributed by atoms with Crippen LogP contribution in [0, 0.1) is 0 Å². The number of thiocarbonyl (C=S) groups is 1. The Kier molecular flexibility index (Phi) is 4.29. The second-order valence-corrected chi connectivity index (χ2v) is 5.50. The van der Waals surface area contributed by atoms with Gasteiger partial charge in [-0.2, -0.15) is 0 Å². The van der Waals surface area contributed by atoms with Gasteiger partial charge in [0.1, 0.15) is 0 Å². The fourth-order valence-corrected chi connectivity index (χ4v) is 2.86. The molecule has 2 amide bonds. The second kappa shape index (κ2) is 5.95. The van der Waals surface area contributed by atoms with E-state index in [9.17, 15) is 9.59 Å². The highest BCUT2D eigenvalue weighted by molar-refractivity contribution is 8.26. The van der Waals surface area contributed by atoms with Crippen LogP contribution < -0.4 is 0 Å². The molecule has 96 valence electrons. The van der Waals surface area contributed by atoms with Crippen LogP contribution in [0.2, 0.25) is 0 Å². The van der Waals surface area contributed by atoms with Crippen LogP contribution >= 0.6 is 24.0 Å². The van der Waals surface area contributed by atoms with Crippen LogP contribution in [0.5, 0.6) is 0 Å². The average molecular weight is 289 g/mol. The van der Waals surface area contributed by atoms with Gasteiger partial charge in [-0.15, -0.1) is 0 Å². The van der Waals surface area contributed by atoms with Crippen LogP contribution in [0.25, 0.3) is 6.08 Å². The molecule has 0 aliphatic carbocycles. The molecule has 1 aliphatic rings. The minimum absolute atomic E-state index is 0.289. The molecule has 19 heavy (non-hydrogen) atoms. The molecule has 3 nitrogen and oxygen atoms in total. The largest absolute Gasteiger partial charge is 0.274 e. The summed E-state index contributed by atoms with van der Waals surface area (Å²) in [7, 11) is 0. The number of hydrogen-bond donors (Lipinski definition) is 0. The number of rotatable bonds is 2. The van der Waals surface area contributed by atoms with Gasteiger partial charge in [0.15, 0.2) is 4.32 Å². The van der Waals surface area contributed by atoms with E-state index in [2.05, 4.69) is 0 Å². The number of carbonyl (C=O) groups is 2. The number of carbonyl (C=O) groups excluding carboxylic acids is 2. The third-order valence-electron chi connectivity index (χ3n) is 2.44. The maximum Gasteiger partial charge on any atom is 0.272 e. The lowest BCUT2D eigenvalue weighted by Gasteiger charge is -2.07. The van der Waals surface area contributed by atoms with E-state index in [0.717, 1.165) is 22.2 Å². The van der Waals surface area contributed by atoms with Crippen molar-refractivity contribution in [2.24, 2.45) is 0 Å². The molecule has 0 bridgehead atoms. The lowest BCUT2D eigenvalue weighted by molar-refractivity contribution is -0.135. The molecule has 1 aliphatic heterocycles. The SMILES string of the molecule is CC(=O)N1C(=O)C(=CC=Cc2ccccc2)SC1=S. The number of hydrogen-bond acceptors (Lipinski definition) is 4. The van der Waals surface area contributed by atoms with Crippen molar-refractivity contribution in [1.29, 1.82) is 0 Å². The van der Waals surface area contributed by atoms with E-state index in [0.29, 0.717) is 4.91 Å². The fourth-order valence-electron chi connectivity index (χ4n) is 1.56. The van der Waals surface area contributed by atoms with E-state index in [1.807, 2.05) is 36.4 Å². The number of allylic oxidation sites excluding steroid dienone is 2. The highest BCUT2D eigenvalue weighted by Crippen LogP contribution is 2.30. The van der Waals surface area contributed by atoms with E-state index in [1.54, 1.807) is 12.2 Å². The number of amides is 2. The number of imide groups is 1. The Morgan fingerprint density at radius 3 is 2.58 bits per heavy atom. The quantitative estimate of drug-likeness (QED) is 0.619. The standard InChI is InChI=1S/C14H11NO2S2/c1-10(16)15-13(17)12(19-14(15)18)9-5-8-11-6-3-2-4-7-11/h2-9H,1H3. The molecule has 0 saturated carbocycles. The molecule has 5 heteroatoms. The third-order valence-corrected chi connectivity index (χ3v) is 3.76. The monoisotopic (exact) mass is 289 g/mol. The van der Waals surface area contributed by atoms with E-state index in [4.69, 9.17) is 12.2 Å². The molecule has 1 fully saturated rings. The average Bonchev–Trinajstić information content (AvgIpc) is 2.66. The maximum atomic E-state index is 11.9. The smallest absolute Gasteiger partial charge is 0.272 e. The van der Waals surface area contributed by atoms with Crippen molar-refractivity contribution >= 4 is 46.2 Å². The number of thioether (sulfide) groups is 1. The Hall–Kier alpha value is -1.72. The first-order valence-electron chi connectivity index (χ1n) is 5.60. The van der Waals surface area contributed by atoms with Crippen molar-refractivity contribution in [2.75, 3.05) is 0 Å². The van der Waals surface area contributed by atoms with Crippen LogP contribution in [-0.2, 0) is 9.59 Å². The first-order chi connectivity index (χ1) is 9.09. The highest BCUT2D eigenvalue weighted by Gasteiger charge is 2.34. The summed E-state index contributed by atoms with van der Waals surface area (Å²) in [5, 5.41) is 0. The number of nitrogens with zero attached hydrogens (tertiary/aromatic N) is 1. The molecule has 0 aromatic heterocycles. The first-order valence-corrected chi connectivity index (χ1v) is 6.82. The summed E-state index contributed by atoms with van der Waals surface area (Å²) in [4.78, 5) is 24.6. The predicted molar refractivity (Wildman–Crippen MR) is 81.3 cm³/mol. The van der Waals surface area contributed by atoms with Gasteiger partial charge < -0.3 is 0 Å². The molecular weight excluding hydrogens is 278 g/mol. The van der Waals surface area contributed by atoms with Crippen molar-refractivity contribution in [1.82, 2.24) is 4.90 Å². The maximum absolute atomic E-state index is 11.9. The Morgan fingerprint density at radius 2 is 2.00 bits per heavy atom. The van der Waals surface area contributed by atoms with Gasteiger partial charge >= 0.3 is 0 Å². The minimum atomic E-state index is -0.349.